The van der Waals surface area contributed by atoms with E-state index in [9.17, 15) is 9.59 Å². The molecule has 0 fully saturated rings. The molecule has 2 aromatic carbocycles. The second-order valence-corrected chi connectivity index (χ2v) is 6.18. The zero-order chi connectivity index (χ0) is 17.1. The van der Waals surface area contributed by atoms with Crippen molar-refractivity contribution in [1.82, 2.24) is 0 Å². The fourth-order valence-corrected chi connectivity index (χ4v) is 3.15. The molecule has 2 aromatic rings. The van der Waals surface area contributed by atoms with Crippen LogP contribution in [0.25, 0.3) is 0 Å². The summed E-state index contributed by atoms with van der Waals surface area (Å²) in [5.41, 5.74) is 2.95. The lowest BCUT2D eigenvalue weighted by Gasteiger charge is -2.26. The smallest absolute Gasteiger partial charge is 0.311 e. The first kappa shape index (κ1) is 16.2. The SMILES string of the molecule is C[C@@H]1Cc2ccccc2N1C(=O)[C@@H](C)OC(=O)Cc1ccccc1. The first-order valence-electron chi connectivity index (χ1n) is 8.20. The molecule has 0 aromatic heterocycles. The fraction of sp³-hybridized carbons (Fsp3) is 0.300. The van der Waals surface area contributed by atoms with Crippen LogP contribution in [0.5, 0.6) is 0 Å². The molecule has 0 N–H and O–H groups in total. The summed E-state index contributed by atoms with van der Waals surface area (Å²) in [7, 11) is 0. The van der Waals surface area contributed by atoms with Crippen LogP contribution in [0.1, 0.15) is 25.0 Å². The van der Waals surface area contributed by atoms with Gasteiger partial charge in [0.15, 0.2) is 6.10 Å². The summed E-state index contributed by atoms with van der Waals surface area (Å²) >= 11 is 0. The Labute approximate surface area is 142 Å². The molecule has 1 heterocycles. The highest BCUT2D eigenvalue weighted by atomic mass is 16.5. The maximum absolute atomic E-state index is 12.8. The molecule has 0 spiro atoms. The Balaban J connectivity index is 1.66. The van der Waals surface area contributed by atoms with E-state index in [1.165, 1.54) is 0 Å². The minimum atomic E-state index is -0.796. The third-order valence-electron chi connectivity index (χ3n) is 4.29. The largest absolute Gasteiger partial charge is 0.452 e. The average molecular weight is 323 g/mol. The number of amides is 1. The number of anilines is 1. The van der Waals surface area contributed by atoms with Crippen molar-refractivity contribution in [2.45, 2.75) is 38.8 Å². The van der Waals surface area contributed by atoms with Gasteiger partial charge >= 0.3 is 5.97 Å². The number of esters is 1. The number of hydrogen-bond donors (Lipinski definition) is 0. The summed E-state index contributed by atoms with van der Waals surface area (Å²) in [6, 6.07) is 17.3. The zero-order valence-corrected chi connectivity index (χ0v) is 13.9. The Bertz CT molecular complexity index is 742. The lowest BCUT2D eigenvalue weighted by atomic mass is 10.1. The van der Waals surface area contributed by atoms with Crippen molar-refractivity contribution in [3.05, 3.63) is 65.7 Å². The number of benzene rings is 2. The molecule has 2 atom stereocenters. The number of hydrogen-bond acceptors (Lipinski definition) is 3. The molecule has 4 nitrogen and oxygen atoms in total. The molecule has 0 radical (unpaired) electrons. The van der Waals surface area contributed by atoms with Crippen molar-refractivity contribution in [3.8, 4) is 0 Å². The molecule has 0 saturated heterocycles. The second kappa shape index (κ2) is 6.87. The van der Waals surface area contributed by atoms with Crippen LogP contribution in [-0.4, -0.2) is 24.0 Å². The summed E-state index contributed by atoms with van der Waals surface area (Å²) in [5.74, 6) is -0.559. The Morgan fingerprint density at radius 2 is 1.79 bits per heavy atom. The monoisotopic (exact) mass is 323 g/mol. The van der Waals surface area contributed by atoms with Gasteiger partial charge in [0.2, 0.25) is 0 Å². The molecule has 0 aliphatic carbocycles. The molecular formula is C20H21NO3. The van der Waals surface area contributed by atoms with Crippen molar-refractivity contribution in [1.29, 1.82) is 0 Å². The molecule has 4 heteroatoms. The minimum Gasteiger partial charge on any atom is -0.452 e. The Morgan fingerprint density at radius 1 is 1.12 bits per heavy atom. The number of para-hydroxylation sites is 1. The topological polar surface area (TPSA) is 46.6 Å². The van der Waals surface area contributed by atoms with Crippen LogP contribution in [-0.2, 0) is 27.2 Å². The molecule has 0 bridgehead atoms. The quantitative estimate of drug-likeness (QED) is 0.812. The Kier molecular flexibility index (Phi) is 4.65. The van der Waals surface area contributed by atoms with Gasteiger partial charge < -0.3 is 9.64 Å². The van der Waals surface area contributed by atoms with E-state index in [2.05, 4.69) is 0 Å². The van der Waals surface area contributed by atoms with Crippen molar-refractivity contribution < 1.29 is 14.3 Å². The minimum absolute atomic E-state index is 0.0742. The van der Waals surface area contributed by atoms with Crippen LogP contribution in [0, 0.1) is 0 Å². The lowest BCUT2D eigenvalue weighted by molar-refractivity contribution is -0.153. The first-order valence-corrected chi connectivity index (χ1v) is 8.20. The number of rotatable bonds is 4. The molecule has 24 heavy (non-hydrogen) atoms. The van der Waals surface area contributed by atoms with Gasteiger partial charge in [-0.15, -0.1) is 0 Å². The van der Waals surface area contributed by atoms with E-state index < -0.39 is 6.10 Å². The van der Waals surface area contributed by atoms with E-state index in [0.717, 1.165) is 23.2 Å². The van der Waals surface area contributed by atoms with Gasteiger partial charge in [-0.05, 0) is 37.5 Å². The molecule has 0 unspecified atom stereocenters. The zero-order valence-electron chi connectivity index (χ0n) is 13.9. The van der Waals surface area contributed by atoms with Crippen LogP contribution in [0.15, 0.2) is 54.6 Å². The summed E-state index contributed by atoms with van der Waals surface area (Å²) in [6.45, 7) is 3.65. The lowest BCUT2D eigenvalue weighted by Crippen LogP contribution is -2.43. The van der Waals surface area contributed by atoms with E-state index in [1.807, 2.05) is 61.5 Å². The summed E-state index contributed by atoms with van der Waals surface area (Å²) in [4.78, 5) is 26.6. The van der Waals surface area contributed by atoms with E-state index in [0.29, 0.717) is 0 Å². The standard InChI is InChI=1S/C20H21NO3/c1-14-12-17-10-6-7-11-18(17)21(14)20(23)15(2)24-19(22)13-16-8-4-3-5-9-16/h3-11,14-15H,12-13H2,1-2H3/t14-,15-/m1/s1. The maximum atomic E-state index is 12.8. The van der Waals surface area contributed by atoms with Crippen LogP contribution in [0.2, 0.25) is 0 Å². The van der Waals surface area contributed by atoms with Crippen molar-refractivity contribution in [2.75, 3.05) is 4.90 Å². The Morgan fingerprint density at radius 3 is 2.54 bits per heavy atom. The number of fused-ring (bicyclic) bond motifs is 1. The van der Waals surface area contributed by atoms with Gasteiger partial charge in [-0.1, -0.05) is 48.5 Å². The fourth-order valence-electron chi connectivity index (χ4n) is 3.15. The normalized spacial score (nSPS) is 17.2. The van der Waals surface area contributed by atoms with E-state index in [-0.39, 0.29) is 24.3 Å². The summed E-state index contributed by atoms with van der Waals surface area (Å²) in [6.07, 6.45) is 0.201. The first-order chi connectivity index (χ1) is 11.6. The third kappa shape index (κ3) is 3.32. The van der Waals surface area contributed by atoms with Crippen molar-refractivity contribution in [3.63, 3.8) is 0 Å². The molecule has 124 valence electrons. The van der Waals surface area contributed by atoms with Crippen LogP contribution < -0.4 is 4.90 Å². The van der Waals surface area contributed by atoms with Gasteiger partial charge in [0.1, 0.15) is 0 Å². The van der Waals surface area contributed by atoms with Crippen LogP contribution >= 0.6 is 0 Å². The predicted octanol–water partition coefficient (Wildman–Crippen LogP) is 3.14. The van der Waals surface area contributed by atoms with E-state index >= 15 is 0 Å². The van der Waals surface area contributed by atoms with Gasteiger partial charge in [-0.3, -0.25) is 9.59 Å². The predicted molar refractivity (Wildman–Crippen MR) is 92.8 cm³/mol. The highest BCUT2D eigenvalue weighted by Gasteiger charge is 2.34. The van der Waals surface area contributed by atoms with Gasteiger partial charge in [0, 0.05) is 11.7 Å². The molecule has 1 amide bonds. The Hall–Kier alpha value is -2.62. The second-order valence-electron chi connectivity index (χ2n) is 6.18. The number of carbonyl (C=O) groups excluding carboxylic acids is 2. The number of carbonyl (C=O) groups is 2. The van der Waals surface area contributed by atoms with E-state index in [4.69, 9.17) is 4.74 Å². The molecule has 0 saturated carbocycles. The molecule has 1 aliphatic heterocycles. The summed E-state index contributed by atoms with van der Waals surface area (Å²) < 4.78 is 5.36. The van der Waals surface area contributed by atoms with Gasteiger partial charge in [-0.2, -0.15) is 0 Å². The highest BCUT2D eigenvalue weighted by Crippen LogP contribution is 2.32. The van der Waals surface area contributed by atoms with Crippen LogP contribution in [0.3, 0.4) is 0 Å². The highest BCUT2D eigenvalue weighted by molar-refractivity contribution is 5.99. The van der Waals surface area contributed by atoms with Gasteiger partial charge in [0.25, 0.3) is 5.91 Å². The number of nitrogens with zero attached hydrogens (tertiary/aromatic N) is 1. The van der Waals surface area contributed by atoms with Gasteiger partial charge in [-0.25, -0.2) is 0 Å². The molecular weight excluding hydrogens is 302 g/mol. The molecule has 3 rings (SSSR count). The van der Waals surface area contributed by atoms with Crippen LogP contribution in [0.4, 0.5) is 5.69 Å². The van der Waals surface area contributed by atoms with Gasteiger partial charge in [0.05, 0.1) is 6.42 Å². The third-order valence-corrected chi connectivity index (χ3v) is 4.29. The van der Waals surface area contributed by atoms with E-state index in [1.54, 1.807) is 11.8 Å². The maximum Gasteiger partial charge on any atom is 0.311 e. The average Bonchev–Trinajstić information content (AvgIpc) is 2.90. The summed E-state index contributed by atoms with van der Waals surface area (Å²) in [5, 5.41) is 0. The van der Waals surface area contributed by atoms with Crippen molar-refractivity contribution in [2.24, 2.45) is 0 Å². The van der Waals surface area contributed by atoms with Crippen molar-refractivity contribution >= 4 is 17.6 Å². The number of ether oxygens (including phenoxy) is 1. The molecule has 1 aliphatic rings.